The van der Waals surface area contributed by atoms with Gasteiger partial charge in [0.1, 0.15) is 23.1 Å². The van der Waals surface area contributed by atoms with Crippen LogP contribution in [0.5, 0.6) is 11.5 Å². The number of Topliss-reactive ketones (excluding diaryl/α,β-unsaturated/α-hetero) is 1. The van der Waals surface area contributed by atoms with Crippen molar-refractivity contribution in [2.45, 2.75) is 32.4 Å². The maximum absolute atomic E-state index is 13.3. The zero-order valence-corrected chi connectivity index (χ0v) is 21.5. The number of carbonyl (C=O) groups is 2. The van der Waals surface area contributed by atoms with Crippen molar-refractivity contribution in [2.24, 2.45) is 0 Å². The van der Waals surface area contributed by atoms with Gasteiger partial charge in [0, 0.05) is 12.1 Å². The number of aliphatic hydroxyl groups is 1. The van der Waals surface area contributed by atoms with E-state index < -0.39 is 17.7 Å². The summed E-state index contributed by atoms with van der Waals surface area (Å²) in [6.45, 7) is 4.02. The molecule has 1 aliphatic heterocycles. The topological polar surface area (TPSA) is 76.1 Å². The summed E-state index contributed by atoms with van der Waals surface area (Å²) in [6, 6.07) is 16.8. The Labute approximate surface area is 219 Å². The first-order chi connectivity index (χ1) is 17.7. The normalized spacial score (nSPS) is 16.9. The van der Waals surface area contributed by atoms with Crippen LogP contribution in [-0.2, 0) is 16.0 Å². The van der Waals surface area contributed by atoms with Crippen LogP contribution < -0.4 is 9.47 Å². The van der Waals surface area contributed by atoms with Gasteiger partial charge in [0.2, 0.25) is 0 Å². The molecular weight excluding hydrogens is 497 g/mol. The Morgan fingerprint density at radius 2 is 1.73 bits per heavy atom. The van der Waals surface area contributed by atoms with Crippen molar-refractivity contribution in [1.29, 1.82) is 0 Å². The number of amides is 1. The summed E-state index contributed by atoms with van der Waals surface area (Å²) >= 11 is 6.13. The number of carbonyl (C=O) groups excluding carboxylic acids is 2. The number of aliphatic hydroxyl groups excluding tert-OH is 1. The Kier molecular flexibility index (Phi) is 7.83. The highest BCUT2D eigenvalue weighted by atomic mass is 35.5. The Bertz CT molecular complexity index is 1340. The number of ether oxygens (including phenoxy) is 2. The maximum Gasteiger partial charge on any atom is 0.295 e. The molecule has 1 saturated heterocycles. The van der Waals surface area contributed by atoms with Crippen LogP contribution in [0.15, 0.2) is 72.3 Å². The van der Waals surface area contributed by atoms with Crippen molar-refractivity contribution in [3.8, 4) is 11.5 Å². The second kappa shape index (κ2) is 11.0. The number of hydrogen-bond acceptors (Lipinski definition) is 5. The molecule has 1 heterocycles. The lowest BCUT2D eigenvalue weighted by atomic mass is 9.95. The summed E-state index contributed by atoms with van der Waals surface area (Å²) in [5.74, 6) is -1.24. The fourth-order valence-corrected chi connectivity index (χ4v) is 4.52. The lowest BCUT2D eigenvalue weighted by Gasteiger charge is -2.25. The molecule has 3 aromatic rings. The van der Waals surface area contributed by atoms with E-state index in [1.807, 2.05) is 13.8 Å². The second-order valence-corrected chi connectivity index (χ2v) is 9.36. The molecule has 0 radical (unpaired) electrons. The van der Waals surface area contributed by atoms with Crippen LogP contribution in [0.25, 0.3) is 5.76 Å². The fraction of sp³-hybridized carbons (Fsp3) is 0.241. The van der Waals surface area contributed by atoms with Gasteiger partial charge in [0.15, 0.2) is 0 Å². The van der Waals surface area contributed by atoms with E-state index in [2.05, 4.69) is 0 Å². The van der Waals surface area contributed by atoms with Gasteiger partial charge in [-0.3, -0.25) is 9.59 Å². The first-order valence-electron chi connectivity index (χ1n) is 11.8. The van der Waals surface area contributed by atoms with Crippen LogP contribution in [0.1, 0.15) is 36.6 Å². The minimum atomic E-state index is -0.838. The van der Waals surface area contributed by atoms with E-state index >= 15 is 0 Å². The first-order valence-corrected chi connectivity index (χ1v) is 12.2. The van der Waals surface area contributed by atoms with Crippen LogP contribution in [0.2, 0.25) is 5.02 Å². The number of ketones is 1. The zero-order chi connectivity index (χ0) is 26.7. The van der Waals surface area contributed by atoms with E-state index in [4.69, 9.17) is 21.1 Å². The summed E-state index contributed by atoms with van der Waals surface area (Å²) in [4.78, 5) is 27.9. The predicted octanol–water partition coefficient (Wildman–Crippen LogP) is 5.94. The van der Waals surface area contributed by atoms with Gasteiger partial charge in [-0.15, -0.1) is 0 Å². The minimum Gasteiger partial charge on any atom is -0.507 e. The minimum absolute atomic E-state index is 0.0212. The highest BCUT2D eigenvalue weighted by Crippen LogP contribution is 2.41. The van der Waals surface area contributed by atoms with Gasteiger partial charge in [-0.05, 0) is 73.9 Å². The maximum atomic E-state index is 13.3. The van der Waals surface area contributed by atoms with E-state index in [1.165, 1.54) is 30.2 Å². The van der Waals surface area contributed by atoms with Crippen LogP contribution in [0.3, 0.4) is 0 Å². The van der Waals surface area contributed by atoms with Crippen molar-refractivity contribution in [2.75, 3.05) is 13.7 Å². The number of halogens is 2. The smallest absolute Gasteiger partial charge is 0.295 e. The van der Waals surface area contributed by atoms with E-state index in [1.54, 1.807) is 48.5 Å². The zero-order valence-electron chi connectivity index (χ0n) is 20.7. The predicted molar refractivity (Wildman–Crippen MR) is 139 cm³/mol. The largest absolute Gasteiger partial charge is 0.507 e. The molecule has 8 heteroatoms. The fourth-order valence-electron chi connectivity index (χ4n) is 4.32. The highest BCUT2D eigenvalue weighted by Gasteiger charge is 2.45. The Morgan fingerprint density at radius 3 is 2.35 bits per heavy atom. The SMILES string of the molecule is COc1cc(/C(O)=C2/C(=O)C(=O)N(CCc3ccc(F)cc3)C2c2ccc(OC(C)C)cc2)ccc1Cl. The average Bonchev–Trinajstić information content (AvgIpc) is 3.13. The van der Waals surface area contributed by atoms with Crippen LogP contribution in [0.4, 0.5) is 4.39 Å². The van der Waals surface area contributed by atoms with Crippen molar-refractivity contribution in [3.05, 3.63) is 99.8 Å². The van der Waals surface area contributed by atoms with E-state index in [-0.39, 0.29) is 29.8 Å². The molecule has 1 fully saturated rings. The Morgan fingerprint density at radius 1 is 1.05 bits per heavy atom. The van der Waals surface area contributed by atoms with Gasteiger partial charge in [-0.1, -0.05) is 35.9 Å². The molecular formula is C29H27ClFNO5. The van der Waals surface area contributed by atoms with Gasteiger partial charge < -0.3 is 19.5 Å². The third-order valence-electron chi connectivity index (χ3n) is 6.09. The average molecular weight is 524 g/mol. The van der Waals surface area contributed by atoms with Crippen molar-refractivity contribution in [3.63, 3.8) is 0 Å². The number of rotatable bonds is 8. The molecule has 192 valence electrons. The lowest BCUT2D eigenvalue weighted by Crippen LogP contribution is -2.31. The molecule has 6 nitrogen and oxygen atoms in total. The molecule has 3 aromatic carbocycles. The van der Waals surface area contributed by atoms with Crippen molar-refractivity contribution < 1.29 is 28.6 Å². The van der Waals surface area contributed by atoms with Gasteiger partial charge in [0.25, 0.3) is 11.7 Å². The number of hydrogen-bond donors (Lipinski definition) is 1. The second-order valence-electron chi connectivity index (χ2n) is 8.95. The molecule has 1 N–H and O–H groups in total. The third kappa shape index (κ3) is 5.62. The van der Waals surface area contributed by atoms with Crippen LogP contribution in [-0.4, -0.2) is 41.5 Å². The molecule has 0 aliphatic carbocycles. The van der Waals surface area contributed by atoms with Gasteiger partial charge >= 0.3 is 0 Å². The Hall–Kier alpha value is -3.84. The van der Waals surface area contributed by atoms with Gasteiger partial charge in [-0.2, -0.15) is 0 Å². The van der Waals surface area contributed by atoms with Crippen LogP contribution in [0, 0.1) is 5.82 Å². The standard InChI is InChI=1S/C29H27ClFNO5/c1-17(2)37-22-11-6-19(7-12-22)26-25(27(33)20-8-13-23(30)24(16-20)36-3)28(34)29(35)32(26)15-14-18-4-9-21(31)10-5-18/h4-13,16-17,26,33H,14-15H2,1-3H3/b27-25-. The van der Waals surface area contributed by atoms with Crippen molar-refractivity contribution >= 4 is 29.1 Å². The number of nitrogens with zero attached hydrogens (tertiary/aromatic N) is 1. The quantitative estimate of drug-likeness (QED) is 0.225. The monoisotopic (exact) mass is 523 g/mol. The summed E-state index contributed by atoms with van der Waals surface area (Å²) in [5, 5.41) is 11.6. The lowest BCUT2D eigenvalue weighted by molar-refractivity contribution is -0.139. The number of methoxy groups -OCH3 is 1. The molecule has 0 bridgehead atoms. The Balaban J connectivity index is 1.77. The number of benzene rings is 3. The summed E-state index contributed by atoms with van der Waals surface area (Å²) in [5.41, 5.74) is 1.70. The molecule has 4 rings (SSSR count). The third-order valence-corrected chi connectivity index (χ3v) is 6.40. The molecule has 1 unspecified atom stereocenters. The molecule has 1 atom stereocenters. The first kappa shape index (κ1) is 26.2. The van der Waals surface area contributed by atoms with Gasteiger partial charge in [0.05, 0.1) is 29.9 Å². The van der Waals surface area contributed by atoms with E-state index in [9.17, 15) is 19.1 Å². The molecule has 0 aromatic heterocycles. The highest BCUT2D eigenvalue weighted by molar-refractivity contribution is 6.46. The van der Waals surface area contributed by atoms with E-state index in [0.717, 1.165) is 5.56 Å². The molecule has 37 heavy (non-hydrogen) atoms. The summed E-state index contributed by atoms with van der Waals surface area (Å²) < 4.78 is 24.3. The van der Waals surface area contributed by atoms with E-state index in [0.29, 0.717) is 34.1 Å². The van der Waals surface area contributed by atoms with Crippen LogP contribution >= 0.6 is 11.6 Å². The molecule has 1 aliphatic rings. The molecule has 0 saturated carbocycles. The summed E-state index contributed by atoms with van der Waals surface area (Å²) in [6.07, 6.45) is 0.375. The van der Waals surface area contributed by atoms with Crippen molar-refractivity contribution in [1.82, 2.24) is 4.90 Å². The summed E-state index contributed by atoms with van der Waals surface area (Å²) in [7, 11) is 1.44. The molecule has 0 spiro atoms. The molecule has 1 amide bonds. The number of likely N-dealkylation sites (tertiary alicyclic amines) is 1. The van der Waals surface area contributed by atoms with Gasteiger partial charge in [-0.25, -0.2) is 4.39 Å².